The van der Waals surface area contributed by atoms with E-state index in [2.05, 4.69) is 5.32 Å². The number of benzene rings is 2. The summed E-state index contributed by atoms with van der Waals surface area (Å²) in [6, 6.07) is 9.88. The predicted molar refractivity (Wildman–Crippen MR) is 105 cm³/mol. The minimum absolute atomic E-state index is 0.201. The molecular formula is C22H28F2N2O2. The topological polar surface area (TPSA) is 61.4 Å². The van der Waals surface area contributed by atoms with Gasteiger partial charge in [0.1, 0.15) is 11.6 Å². The van der Waals surface area contributed by atoms with Gasteiger partial charge in [-0.1, -0.05) is 30.7 Å². The van der Waals surface area contributed by atoms with Gasteiger partial charge >= 0.3 is 0 Å². The summed E-state index contributed by atoms with van der Waals surface area (Å²) in [5.41, 5.74) is 4.81. The van der Waals surface area contributed by atoms with Crippen LogP contribution in [-0.2, 0) is 17.8 Å². The van der Waals surface area contributed by atoms with Crippen molar-refractivity contribution in [3.8, 4) is 0 Å². The molecule has 2 aromatic rings. The molecule has 6 heteroatoms. The summed E-state index contributed by atoms with van der Waals surface area (Å²) >= 11 is 0. The van der Waals surface area contributed by atoms with Crippen molar-refractivity contribution in [1.29, 1.82) is 0 Å². The number of carbonyl (C=O) groups excluding carboxylic acids is 1. The third-order valence-corrected chi connectivity index (χ3v) is 4.89. The van der Waals surface area contributed by atoms with Crippen molar-refractivity contribution in [3.05, 3.63) is 70.3 Å². The fourth-order valence-electron chi connectivity index (χ4n) is 3.23. The maximum absolute atomic E-state index is 13.4. The molecule has 0 spiro atoms. The van der Waals surface area contributed by atoms with E-state index in [4.69, 9.17) is 5.21 Å². The quantitative estimate of drug-likeness (QED) is 0.324. The smallest absolute Gasteiger partial charge is 0.246 e. The second kappa shape index (κ2) is 10.9. The van der Waals surface area contributed by atoms with Crippen molar-refractivity contribution in [1.82, 2.24) is 10.8 Å². The van der Waals surface area contributed by atoms with Crippen LogP contribution in [0.1, 0.15) is 41.5 Å². The lowest BCUT2D eigenvalue weighted by Crippen LogP contribution is -2.29. The molecule has 152 valence electrons. The van der Waals surface area contributed by atoms with Crippen LogP contribution in [0.2, 0.25) is 0 Å². The molecule has 0 radical (unpaired) electrons. The minimum atomic E-state index is -0.420. The maximum Gasteiger partial charge on any atom is 0.246 e. The van der Waals surface area contributed by atoms with Gasteiger partial charge in [-0.05, 0) is 74.0 Å². The first-order valence-corrected chi connectivity index (χ1v) is 9.55. The zero-order valence-electron chi connectivity index (χ0n) is 16.4. The van der Waals surface area contributed by atoms with Gasteiger partial charge < -0.3 is 5.32 Å². The molecule has 0 heterocycles. The summed E-state index contributed by atoms with van der Waals surface area (Å²) in [6.45, 7) is 4.87. The fourth-order valence-corrected chi connectivity index (χ4v) is 3.23. The zero-order chi connectivity index (χ0) is 20.5. The molecule has 28 heavy (non-hydrogen) atoms. The standard InChI is InChI=1S/C22H28F2N2O2/c1-15-11-17(6-8-20(15)23)13-19(22(27)26-28)5-3-4-10-25-14-18-7-9-21(24)16(2)12-18/h6-9,11-12,19,25,28H,3-5,10,13-14H2,1-2H3,(H,26,27)/t19-/m0/s1. The highest BCUT2D eigenvalue weighted by atomic mass is 19.1. The van der Waals surface area contributed by atoms with Crippen LogP contribution in [0, 0.1) is 31.4 Å². The Morgan fingerprint density at radius 3 is 2.21 bits per heavy atom. The van der Waals surface area contributed by atoms with Gasteiger partial charge in [0, 0.05) is 12.5 Å². The second-order valence-corrected chi connectivity index (χ2v) is 7.22. The first-order chi connectivity index (χ1) is 13.4. The third kappa shape index (κ3) is 6.69. The lowest BCUT2D eigenvalue weighted by atomic mass is 9.92. The van der Waals surface area contributed by atoms with Crippen molar-refractivity contribution in [2.75, 3.05) is 6.54 Å². The summed E-state index contributed by atoms with van der Waals surface area (Å²) in [5, 5.41) is 12.3. The van der Waals surface area contributed by atoms with Crippen molar-refractivity contribution >= 4 is 5.91 Å². The highest BCUT2D eigenvalue weighted by Crippen LogP contribution is 2.18. The van der Waals surface area contributed by atoms with E-state index in [1.165, 1.54) is 12.1 Å². The average molecular weight is 390 g/mol. The second-order valence-electron chi connectivity index (χ2n) is 7.22. The number of aryl methyl sites for hydroxylation is 2. The molecule has 0 aromatic heterocycles. The monoisotopic (exact) mass is 390 g/mol. The Morgan fingerprint density at radius 2 is 1.61 bits per heavy atom. The predicted octanol–water partition coefficient (Wildman–Crippen LogP) is 4.21. The lowest BCUT2D eigenvalue weighted by Gasteiger charge is -2.15. The molecule has 0 saturated carbocycles. The Hall–Kier alpha value is -2.31. The number of halogens is 2. The molecule has 0 saturated heterocycles. The molecule has 0 aliphatic rings. The number of nitrogens with one attached hydrogen (secondary N) is 2. The number of rotatable bonds is 10. The van der Waals surface area contributed by atoms with Crippen LogP contribution in [0.15, 0.2) is 36.4 Å². The normalized spacial score (nSPS) is 12.0. The molecule has 0 fully saturated rings. The van der Waals surface area contributed by atoms with Crippen LogP contribution in [0.5, 0.6) is 0 Å². The SMILES string of the molecule is Cc1cc(CNCCCC[C@@H](Cc2ccc(F)c(C)c2)C(=O)NO)ccc1F. The van der Waals surface area contributed by atoms with Crippen molar-refractivity contribution < 1.29 is 18.8 Å². The number of hydrogen-bond acceptors (Lipinski definition) is 3. The lowest BCUT2D eigenvalue weighted by molar-refractivity contribution is -0.133. The molecule has 1 amide bonds. The van der Waals surface area contributed by atoms with Gasteiger partial charge in [0.05, 0.1) is 0 Å². The Kier molecular flexibility index (Phi) is 8.54. The van der Waals surface area contributed by atoms with Crippen molar-refractivity contribution in [2.24, 2.45) is 5.92 Å². The average Bonchev–Trinajstić information content (AvgIpc) is 2.68. The Balaban J connectivity index is 1.76. The van der Waals surface area contributed by atoms with E-state index < -0.39 is 5.91 Å². The molecule has 4 nitrogen and oxygen atoms in total. The third-order valence-electron chi connectivity index (χ3n) is 4.89. The van der Waals surface area contributed by atoms with Gasteiger partial charge in [-0.25, -0.2) is 14.3 Å². The highest BCUT2D eigenvalue weighted by molar-refractivity contribution is 5.77. The summed E-state index contributed by atoms with van der Waals surface area (Å²) in [6.07, 6.45) is 2.77. The van der Waals surface area contributed by atoms with E-state index >= 15 is 0 Å². The molecule has 0 aliphatic heterocycles. The van der Waals surface area contributed by atoms with E-state index in [0.717, 1.165) is 30.5 Å². The van der Waals surface area contributed by atoms with Gasteiger partial charge in [0.15, 0.2) is 0 Å². The fraction of sp³-hybridized carbons (Fsp3) is 0.409. The first kappa shape index (κ1) is 22.0. The maximum atomic E-state index is 13.4. The van der Waals surface area contributed by atoms with Gasteiger partial charge in [-0.2, -0.15) is 0 Å². The van der Waals surface area contributed by atoms with Crippen molar-refractivity contribution in [2.45, 2.75) is 46.1 Å². The van der Waals surface area contributed by atoms with Crippen LogP contribution in [0.25, 0.3) is 0 Å². The molecule has 0 unspecified atom stereocenters. The zero-order valence-corrected chi connectivity index (χ0v) is 16.4. The summed E-state index contributed by atoms with van der Waals surface area (Å²) in [7, 11) is 0. The van der Waals surface area contributed by atoms with Crippen LogP contribution in [-0.4, -0.2) is 17.7 Å². The summed E-state index contributed by atoms with van der Waals surface area (Å²) < 4.78 is 26.7. The molecular weight excluding hydrogens is 362 g/mol. The summed E-state index contributed by atoms with van der Waals surface area (Å²) in [4.78, 5) is 12.0. The molecule has 0 aliphatic carbocycles. The molecule has 2 aromatic carbocycles. The molecule has 1 atom stereocenters. The molecule has 2 rings (SSSR count). The van der Waals surface area contributed by atoms with Gasteiger partial charge in [0.2, 0.25) is 5.91 Å². The largest absolute Gasteiger partial charge is 0.313 e. The van der Waals surface area contributed by atoms with Gasteiger partial charge in [-0.15, -0.1) is 0 Å². The number of amides is 1. The van der Waals surface area contributed by atoms with Crippen LogP contribution < -0.4 is 10.8 Å². The van der Waals surface area contributed by atoms with E-state index in [1.54, 1.807) is 37.5 Å². The number of unbranched alkanes of at least 4 members (excludes halogenated alkanes) is 1. The van der Waals surface area contributed by atoms with Crippen LogP contribution >= 0.6 is 0 Å². The Labute approximate surface area is 164 Å². The number of carbonyl (C=O) groups is 1. The van der Waals surface area contributed by atoms with Gasteiger partial charge in [-0.3, -0.25) is 10.0 Å². The summed E-state index contributed by atoms with van der Waals surface area (Å²) in [5.74, 6) is -1.26. The van der Waals surface area contributed by atoms with Crippen LogP contribution in [0.4, 0.5) is 8.78 Å². The minimum Gasteiger partial charge on any atom is -0.313 e. The number of hydrogen-bond donors (Lipinski definition) is 3. The Bertz CT molecular complexity index is 796. The van der Waals surface area contributed by atoms with Crippen molar-refractivity contribution in [3.63, 3.8) is 0 Å². The van der Waals surface area contributed by atoms with E-state index in [1.807, 2.05) is 6.07 Å². The number of hydroxylamine groups is 1. The van der Waals surface area contributed by atoms with E-state index in [-0.39, 0.29) is 17.6 Å². The van der Waals surface area contributed by atoms with E-state index in [0.29, 0.717) is 30.5 Å². The van der Waals surface area contributed by atoms with Gasteiger partial charge in [0.25, 0.3) is 0 Å². The highest BCUT2D eigenvalue weighted by Gasteiger charge is 2.18. The molecule has 0 bridgehead atoms. The Morgan fingerprint density at radius 1 is 1.00 bits per heavy atom. The first-order valence-electron chi connectivity index (χ1n) is 9.55. The van der Waals surface area contributed by atoms with Crippen LogP contribution in [0.3, 0.4) is 0 Å². The molecule has 3 N–H and O–H groups in total. The van der Waals surface area contributed by atoms with E-state index in [9.17, 15) is 13.6 Å².